The Morgan fingerprint density at radius 1 is 1.07 bits per heavy atom. The summed E-state index contributed by atoms with van der Waals surface area (Å²) in [5.41, 5.74) is 3.71. The number of hydrogen-bond acceptors (Lipinski definition) is 4. The molecule has 0 aliphatic rings. The minimum atomic E-state index is -0.218. The third kappa shape index (κ3) is 6.32. The molecule has 0 atom stereocenters. The quantitative estimate of drug-likeness (QED) is 0.563. The molecule has 3 aromatic rings. The summed E-state index contributed by atoms with van der Waals surface area (Å²) in [5, 5.41) is 2.99. The highest BCUT2D eigenvalue weighted by Crippen LogP contribution is 2.27. The maximum Gasteiger partial charge on any atom is 0.322 e. The van der Waals surface area contributed by atoms with E-state index in [2.05, 4.69) is 10.3 Å². The van der Waals surface area contributed by atoms with Crippen LogP contribution in [-0.4, -0.2) is 36.2 Å². The molecule has 0 fully saturated rings. The Hall–Kier alpha value is -3.38. The van der Waals surface area contributed by atoms with Gasteiger partial charge in [-0.1, -0.05) is 42.5 Å². The molecule has 0 saturated carbocycles. The van der Waals surface area contributed by atoms with Crippen LogP contribution in [0.4, 0.5) is 10.5 Å². The number of aromatic nitrogens is 1. The Labute approximate surface area is 177 Å². The van der Waals surface area contributed by atoms with Gasteiger partial charge in [0.2, 0.25) is 0 Å². The molecular formula is C24H27N3O3. The molecule has 0 spiro atoms. The monoisotopic (exact) mass is 405 g/mol. The van der Waals surface area contributed by atoms with Gasteiger partial charge in [0, 0.05) is 32.6 Å². The normalized spacial score (nSPS) is 10.5. The first kappa shape index (κ1) is 21.3. The first-order chi connectivity index (χ1) is 14.7. The second-order valence-electron chi connectivity index (χ2n) is 6.98. The van der Waals surface area contributed by atoms with Gasteiger partial charge in [-0.2, -0.15) is 0 Å². The lowest BCUT2D eigenvalue weighted by atomic mass is 10.2. The maximum absolute atomic E-state index is 13.0. The van der Waals surface area contributed by atoms with Crippen LogP contribution < -0.4 is 10.1 Å². The molecule has 3 rings (SSSR count). The van der Waals surface area contributed by atoms with Gasteiger partial charge in [-0.05, 0) is 41.8 Å². The van der Waals surface area contributed by atoms with E-state index in [-0.39, 0.29) is 6.03 Å². The SMILES string of the molecule is COCCN(Cc1cccnc1)C(=O)Nc1ccc(C)cc1OCc1ccccc1. The summed E-state index contributed by atoms with van der Waals surface area (Å²) in [5.74, 6) is 0.639. The van der Waals surface area contributed by atoms with E-state index in [1.54, 1.807) is 24.4 Å². The number of rotatable bonds is 9. The molecule has 6 heteroatoms. The second kappa shape index (κ2) is 11.0. The van der Waals surface area contributed by atoms with Crippen LogP contribution >= 0.6 is 0 Å². The largest absolute Gasteiger partial charge is 0.487 e. The standard InChI is InChI=1S/C24H27N3O3/c1-19-10-11-22(23(15-19)30-18-20-7-4-3-5-8-20)26-24(28)27(13-14-29-2)17-21-9-6-12-25-16-21/h3-12,15-16H,13-14,17-18H2,1-2H3,(H,26,28). The zero-order chi connectivity index (χ0) is 21.2. The first-order valence-corrected chi connectivity index (χ1v) is 9.87. The Kier molecular flexibility index (Phi) is 7.80. The molecule has 30 heavy (non-hydrogen) atoms. The Morgan fingerprint density at radius 2 is 1.87 bits per heavy atom. The van der Waals surface area contributed by atoms with E-state index in [9.17, 15) is 4.79 Å². The van der Waals surface area contributed by atoms with E-state index in [4.69, 9.17) is 9.47 Å². The summed E-state index contributed by atoms with van der Waals surface area (Å²) in [4.78, 5) is 18.8. The summed E-state index contributed by atoms with van der Waals surface area (Å²) in [6, 6.07) is 19.3. The summed E-state index contributed by atoms with van der Waals surface area (Å²) >= 11 is 0. The Bertz CT molecular complexity index is 933. The fraction of sp³-hybridized carbons (Fsp3) is 0.250. The molecule has 156 valence electrons. The predicted molar refractivity (Wildman–Crippen MR) is 117 cm³/mol. The first-order valence-electron chi connectivity index (χ1n) is 9.87. The average molecular weight is 405 g/mol. The summed E-state index contributed by atoms with van der Waals surface area (Å²) in [6.07, 6.45) is 3.47. The van der Waals surface area contributed by atoms with Crippen molar-refractivity contribution in [2.75, 3.05) is 25.6 Å². The fourth-order valence-electron chi connectivity index (χ4n) is 2.95. The number of carbonyl (C=O) groups is 1. The number of ether oxygens (including phenoxy) is 2. The summed E-state index contributed by atoms with van der Waals surface area (Å²) in [6.45, 7) is 3.77. The number of nitrogens with one attached hydrogen (secondary N) is 1. The van der Waals surface area contributed by atoms with Crippen LogP contribution in [0, 0.1) is 6.92 Å². The highest BCUT2D eigenvalue weighted by molar-refractivity contribution is 5.91. The predicted octanol–water partition coefficient (Wildman–Crippen LogP) is 4.65. The molecule has 1 N–H and O–H groups in total. The lowest BCUT2D eigenvalue weighted by molar-refractivity contribution is 0.152. The van der Waals surface area contributed by atoms with Crippen molar-refractivity contribution in [1.29, 1.82) is 0 Å². The highest BCUT2D eigenvalue weighted by atomic mass is 16.5. The van der Waals surface area contributed by atoms with Crippen molar-refractivity contribution in [1.82, 2.24) is 9.88 Å². The van der Waals surface area contributed by atoms with Gasteiger partial charge in [-0.3, -0.25) is 4.98 Å². The van der Waals surface area contributed by atoms with E-state index < -0.39 is 0 Å². The number of carbonyl (C=O) groups excluding carboxylic acids is 1. The molecule has 0 aliphatic carbocycles. The van der Waals surface area contributed by atoms with Gasteiger partial charge in [0.25, 0.3) is 0 Å². The van der Waals surface area contributed by atoms with Gasteiger partial charge in [0.1, 0.15) is 12.4 Å². The second-order valence-corrected chi connectivity index (χ2v) is 6.98. The number of aryl methyl sites for hydroxylation is 1. The molecule has 0 aliphatic heterocycles. The number of benzene rings is 2. The van der Waals surface area contributed by atoms with Crippen LogP contribution in [0.2, 0.25) is 0 Å². The number of amides is 2. The third-order valence-electron chi connectivity index (χ3n) is 4.56. The Morgan fingerprint density at radius 3 is 2.60 bits per heavy atom. The highest BCUT2D eigenvalue weighted by Gasteiger charge is 2.16. The molecular weight excluding hydrogens is 378 g/mol. The van der Waals surface area contributed by atoms with Gasteiger partial charge >= 0.3 is 6.03 Å². The number of pyridine rings is 1. The van der Waals surface area contributed by atoms with Crippen LogP contribution in [-0.2, 0) is 17.9 Å². The molecule has 1 heterocycles. The minimum absolute atomic E-state index is 0.218. The summed E-state index contributed by atoms with van der Waals surface area (Å²) < 4.78 is 11.2. The minimum Gasteiger partial charge on any atom is -0.487 e. The van der Waals surface area contributed by atoms with E-state index in [0.29, 0.717) is 37.7 Å². The van der Waals surface area contributed by atoms with Crippen LogP contribution in [0.25, 0.3) is 0 Å². The van der Waals surface area contributed by atoms with E-state index in [1.165, 1.54) is 0 Å². The fourth-order valence-corrected chi connectivity index (χ4v) is 2.95. The van der Waals surface area contributed by atoms with Crippen molar-refractivity contribution in [3.05, 3.63) is 89.7 Å². The van der Waals surface area contributed by atoms with E-state index in [0.717, 1.165) is 16.7 Å². The molecule has 0 unspecified atom stereocenters. The lowest BCUT2D eigenvalue weighted by Gasteiger charge is -2.23. The smallest absolute Gasteiger partial charge is 0.322 e. The van der Waals surface area contributed by atoms with Crippen molar-refractivity contribution >= 4 is 11.7 Å². The number of nitrogens with zero attached hydrogens (tertiary/aromatic N) is 2. The molecule has 0 saturated heterocycles. The van der Waals surface area contributed by atoms with Crippen molar-refractivity contribution < 1.29 is 14.3 Å². The molecule has 0 radical (unpaired) electrons. The van der Waals surface area contributed by atoms with Gasteiger partial charge < -0.3 is 19.7 Å². The topological polar surface area (TPSA) is 63.7 Å². The van der Waals surface area contributed by atoms with E-state index in [1.807, 2.05) is 67.6 Å². The van der Waals surface area contributed by atoms with Crippen molar-refractivity contribution in [3.63, 3.8) is 0 Å². The van der Waals surface area contributed by atoms with Crippen molar-refractivity contribution in [3.8, 4) is 5.75 Å². The van der Waals surface area contributed by atoms with Gasteiger partial charge in [0.05, 0.1) is 12.3 Å². The van der Waals surface area contributed by atoms with Crippen LogP contribution in [0.3, 0.4) is 0 Å². The van der Waals surface area contributed by atoms with Gasteiger partial charge in [0.15, 0.2) is 0 Å². The molecule has 1 aromatic heterocycles. The molecule has 0 bridgehead atoms. The maximum atomic E-state index is 13.0. The number of urea groups is 1. The third-order valence-corrected chi connectivity index (χ3v) is 4.56. The number of methoxy groups -OCH3 is 1. The molecule has 2 amide bonds. The molecule has 6 nitrogen and oxygen atoms in total. The lowest BCUT2D eigenvalue weighted by Crippen LogP contribution is -2.37. The zero-order valence-corrected chi connectivity index (χ0v) is 17.4. The Balaban J connectivity index is 1.72. The van der Waals surface area contributed by atoms with E-state index >= 15 is 0 Å². The van der Waals surface area contributed by atoms with Crippen molar-refractivity contribution in [2.45, 2.75) is 20.1 Å². The van der Waals surface area contributed by atoms with Gasteiger partial charge in [-0.15, -0.1) is 0 Å². The van der Waals surface area contributed by atoms with Gasteiger partial charge in [-0.25, -0.2) is 4.79 Å². The zero-order valence-electron chi connectivity index (χ0n) is 17.4. The van der Waals surface area contributed by atoms with Crippen molar-refractivity contribution in [2.24, 2.45) is 0 Å². The summed E-state index contributed by atoms with van der Waals surface area (Å²) in [7, 11) is 1.62. The van der Waals surface area contributed by atoms with Crippen LogP contribution in [0.1, 0.15) is 16.7 Å². The number of anilines is 1. The van der Waals surface area contributed by atoms with Crippen LogP contribution in [0.15, 0.2) is 73.1 Å². The van der Waals surface area contributed by atoms with Crippen LogP contribution in [0.5, 0.6) is 5.75 Å². The number of hydrogen-bond donors (Lipinski definition) is 1. The molecule has 2 aromatic carbocycles. The average Bonchev–Trinajstić information content (AvgIpc) is 2.78.